The van der Waals surface area contributed by atoms with Crippen molar-refractivity contribution in [3.8, 4) is 0 Å². The monoisotopic (exact) mass is 1050 g/mol. The Morgan fingerprint density at radius 1 is 0.260 bits per heavy atom. The number of hydrogen-bond acceptors (Lipinski definition) is 6. The van der Waals surface area contributed by atoms with E-state index >= 15 is 0 Å². The highest BCUT2D eigenvalue weighted by Crippen LogP contribution is 2.11. The number of carbonyl (C=O) groups is 3. The van der Waals surface area contributed by atoms with Gasteiger partial charge in [0.1, 0.15) is 13.2 Å². The Morgan fingerprint density at radius 2 is 0.481 bits per heavy atom. The second kappa shape index (κ2) is 62.8. The first-order chi connectivity index (χ1) is 38.0. The smallest absolute Gasteiger partial charge is 0.306 e. The molecule has 0 heterocycles. The van der Waals surface area contributed by atoms with Gasteiger partial charge in [-0.1, -0.05) is 234 Å². The highest BCUT2D eigenvalue weighted by Gasteiger charge is 2.19. The molecule has 0 aromatic carbocycles. The van der Waals surface area contributed by atoms with E-state index in [9.17, 15) is 14.4 Å². The zero-order chi connectivity index (χ0) is 55.7. The van der Waals surface area contributed by atoms with Crippen molar-refractivity contribution in [2.24, 2.45) is 0 Å². The maximum atomic E-state index is 12.9. The summed E-state index contributed by atoms with van der Waals surface area (Å²) in [5.41, 5.74) is 0. The van der Waals surface area contributed by atoms with Crippen molar-refractivity contribution in [3.63, 3.8) is 0 Å². The maximum Gasteiger partial charge on any atom is 0.306 e. The number of ether oxygens (including phenoxy) is 3. The van der Waals surface area contributed by atoms with Crippen molar-refractivity contribution < 1.29 is 28.6 Å². The Labute approximate surface area is 471 Å². The largest absolute Gasteiger partial charge is 0.462 e. The molecule has 0 N–H and O–H groups in total. The summed E-state index contributed by atoms with van der Waals surface area (Å²) < 4.78 is 16.8. The molecule has 0 saturated carbocycles. The summed E-state index contributed by atoms with van der Waals surface area (Å²) in [6, 6.07) is 0. The number of carbonyl (C=O) groups excluding carboxylic acids is 3. The van der Waals surface area contributed by atoms with Crippen LogP contribution in [0.3, 0.4) is 0 Å². The van der Waals surface area contributed by atoms with E-state index in [1.165, 1.54) is 0 Å². The van der Waals surface area contributed by atoms with Crippen LogP contribution in [-0.4, -0.2) is 37.2 Å². The van der Waals surface area contributed by atoms with Crippen molar-refractivity contribution in [1.82, 2.24) is 0 Å². The predicted molar refractivity (Wildman–Crippen MR) is 334 cm³/mol. The van der Waals surface area contributed by atoms with Gasteiger partial charge >= 0.3 is 17.9 Å². The van der Waals surface area contributed by atoms with E-state index in [1.807, 2.05) is 0 Å². The van der Waals surface area contributed by atoms with Gasteiger partial charge in [-0.05, 0) is 154 Å². The molecule has 0 spiro atoms. The lowest BCUT2D eigenvalue weighted by Crippen LogP contribution is -2.30. The molecule has 0 bridgehead atoms. The number of unbranched alkanes of at least 4 members (excludes halogenated alkanes) is 8. The van der Waals surface area contributed by atoms with Gasteiger partial charge in [0, 0.05) is 19.3 Å². The second-order valence-electron chi connectivity index (χ2n) is 18.8. The van der Waals surface area contributed by atoms with Crippen LogP contribution in [0.4, 0.5) is 0 Å². The van der Waals surface area contributed by atoms with Crippen molar-refractivity contribution >= 4 is 17.9 Å². The number of allylic oxidation sites excluding steroid dienone is 32. The van der Waals surface area contributed by atoms with Crippen LogP contribution in [0.5, 0.6) is 0 Å². The third-order valence-corrected chi connectivity index (χ3v) is 11.6. The zero-order valence-electron chi connectivity index (χ0n) is 48.6. The minimum Gasteiger partial charge on any atom is -0.462 e. The second-order valence-corrected chi connectivity index (χ2v) is 18.8. The van der Waals surface area contributed by atoms with Crippen molar-refractivity contribution in [2.45, 2.75) is 219 Å². The first-order valence-electron chi connectivity index (χ1n) is 29.9. The topological polar surface area (TPSA) is 78.9 Å². The molecule has 1 unspecified atom stereocenters. The summed E-state index contributed by atoms with van der Waals surface area (Å²) in [7, 11) is 0. The van der Waals surface area contributed by atoms with Gasteiger partial charge in [0.25, 0.3) is 0 Å². The van der Waals surface area contributed by atoms with Crippen molar-refractivity contribution in [2.75, 3.05) is 13.2 Å². The molecule has 0 amide bonds. The minimum atomic E-state index is -0.846. The Kier molecular flexibility index (Phi) is 58.1. The number of rotatable bonds is 51. The Morgan fingerprint density at radius 3 is 0.792 bits per heavy atom. The molecule has 0 aliphatic carbocycles. The number of esters is 3. The molecule has 6 nitrogen and oxygen atoms in total. The van der Waals surface area contributed by atoms with E-state index in [4.69, 9.17) is 14.2 Å². The van der Waals surface area contributed by atoms with Gasteiger partial charge in [-0.15, -0.1) is 0 Å². The fraction of sp³-hybridized carbons (Fsp3) is 0.507. The molecule has 0 radical (unpaired) electrons. The molecule has 0 saturated heterocycles. The lowest BCUT2D eigenvalue weighted by atomic mass is 10.1. The van der Waals surface area contributed by atoms with Crippen LogP contribution < -0.4 is 0 Å². The molecular formula is C71H106O6. The fourth-order valence-electron chi connectivity index (χ4n) is 7.21. The summed E-state index contributed by atoms with van der Waals surface area (Å²) in [6.07, 6.45) is 95.8. The third-order valence-electron chi connectivity index (χ3n) is 11.6. The number of hydrogen-bond donors (Lipinski definition) is 0. The van der Waals surface area contributed by atoms with Crippen LogP contribution in [0, 0.1) is 0 Å². The SMILES string of the molecule is CC/C=C\C/C=C\C/C=C\C/C=C\C/C=C\C/C=C\C/C=C\CCCCCCCC(=O)OCC(COC(=O)CCCC/C=C\C/C=C\C/C=C\C/C=C\CC)OC(=O)CCC/C=C\C/C=C\C/C=C\C/C=C\C/C=C\CC. The molecule has 0 aliphatic heterocycles. The summed E-state index contributed by atoms with van der Waals surface area (Å²) in [6.45, 7) is 6.17. The molecule has 0 fully saturated rings. The Bertz CT molecular complexity index is 1880. The van der Waals surface area contributed by atoms with Gasteiger partial charge in [0.2, 0.25) is 0 Å². The van der Waals surface area contributed by atoms with Crippen molar-refractivity contribution in [1.29, 1.82) is 0 Å². The lowest BCUT2D eigenvalue weighted by Gasteiger charge is -2.18. The molecule has 0 aromatic heterocycles. The molecule has 1 atom stereocenters. The molecule has 0 rings (SSSR count). The van der Waals surface area contributed by atoms with Gasteiger partial charge in [-0.3, -0.25) is 14.4 Å². The van der Waals surface area contributed by atoms with E-state index in [1.54, 1.807) is 0 Å². The quantitative estimate of drug-likeness (QED) is 0.0261. The zero-order valence-corrected chi connectivity index (χ0v) is 48.6. The van der Waals surface area contributed by atoms with Gasteiger partial charge < -0.3 is 14.2 Å². The summed E-state index contributed by atoms with van der Waals surface area (Å²) in [5, 5.41) is 0. The van der Waals surface area contributed by atoms with E-state index < -0.39 is 12.1 Å². The van der Waals surface area contributed by atoms with Crippen LogP contribution in [0.15, 0.2) is 194 Å². The molecular weight excluding hydrogens is 949 g/mol. The third kappa shape index (κ3) is 61.0. The van der Waals surface area contributed by atoms with E-state index in [0.717, 1.165) is 161 Å². The molecule has 77 heavy (non-hydrogen) atoms. The maximum absolute atomic E-state index is 12.9. The Hall–Kier alpha value is -5.75. The highest BCUT2D eigenvalue weighted by molar-refractivity contribution is 5.71. The van der Waals surface area contributed by atoms with Crippen LogP contribution >= 0.6 is 0 Å². The van der Waals surface area contributed by atoms with Crippen LogP contribution in [0.25, 0.3) is 0 Å². The average molecular weight is 1060 g/mol. The normalized spacial score (nSPS) is 13.5. The predicted octanol–water partition coefficient (Wildman–Crippen LogP) is 20.6. The lowest BCUT2D eigenvalue weighted by molar-refractivity contribution is -0.167. The molecule has 6 heteroatoms. The first kappa shape index (κ1) is 71.2. The van der Waals surface area contributed by atoms with E-state index in [0.29, 0.717) is 19.3 Å². The molecule has 0 aliphatic rings. The van der Waals surface area contributed by atoms with Gasteiger partial charge in [0.05, 0.1) is 0 Å². The first-order valence-corrected chi connectivity index (χ1v) is 29.9. The van der Waals surface area contributed by atoms with Gasteiger partial charge in [-0.25, -0.2) is 0 Å². The van der Waals surface area contributed by atoms with Crippen molar-refractivity contribution in [3.05, 3.63) is 194 Å². The Balaban J connectivity index is 4.55. The van der Waals surface area contributed by atoms with Crippen LogP contribution in [0.1, 0.15) is 213 Å². The van der Waals surface area contributed by atoms with E-state index in [2.05, 4.69) is 215 Å². The summed E-state index contributed by atoms with van der Waals surface area (Å²) >= 11 is 0. The van der Waals surface area contributed by atoms with Crippen LogP contribution in [0.2, 0.25) is 0 Å². The summed E-state index contributed by atoms with van der Waals surface area (Å²) in [4.78, 5) is 38.2. The molecule has 426 valence electrons. The highest BCUT2D eigenvalue weighted by atomic mass is 16.6. The fourth-order valence-corrected chi connectivity index (χ4v) is 7.21. The van der Waals surface area contributed by atoms with Gasteiger partial charge in [0.15, 0.2) is 6.10 Å². The van der Waals surface area contributed by atoms with Crippen LogP contribution in [-0.2, 0) is 28.6 Å². The van der Waals surface area contributed by atoms with Gasteiger partial charge in [-0.2, -0.15) is 0 Å². The average Bonchev–Trinajstić information content (AvgIpc) is 3.43. The summed E-state index contributed by atoms with van der Waals surface area (Å²) in [5.74, 6) is -1.07. The van der Waals surface area contributed by atoms with E-state index in [-0.39, 0.29) is 38.0 Å². The minimum absolute atomic E-state index is 0.136. The molecule has 0 aromatic rings. The standard InChI is InChI=1S/C71H106O6/c1-4-7-10-13-16-19-22-25-28-30-31-32-33-34-35-36-37-38-39-41-43-46-49-52-55-58-61-64-70(73)76-67-68(66-75-69(72)63-60-57-54-51-48-45-42-27-24-21-18-15-12-9-6-3)77-71(74)65-62-59-56-53-50-47-44-40-29-26-23-20-17-14-11-8-5-2/h7-12,16-21,25-29,31-32,34-35,37-38,41-44,47-48,51,53,56,68H,4-6,13-15,22-24,30,33,36,39-40,45-46,49-50,52,54-55,57-67H2,1-3H3/b10-7-,11-8-,12-9-,19-16-,20-17-,21-18-,28-25-,29-26-,32-31-,35-34-,38-37-,42-27-,43-41-,47-44-,51-48-,56-53-.